The van der Waals surface area contributed by atoms with Crippen LogP contribution in [0.2, 0.25) is 0 Å². The molecular formula is C15H21NO3. The highest BCUT2D eigenvalue weighted by Gasteiger charge is 2.29. The molecule has 1 aromatic rings. The Morgan fingerprint density at radius 2 is 2.16 bits per heavy atom. The first-order chi connectivity index (χ1) is 9.01. The highest BCUT2D eigenvalue weighted by molar-refractivity contribution is 5.95. The van der Waals surface area contributed by atoms with Gasteiger partial charge in [0.1, 0.15) is 0 Å². The van der Waals surface area contributed by atoms with Crippen molar-refractivity contribution in [2.75, 3.05) is 19.7 Å². The van der Waals surface area contributed by atoms with E-state index in [1.54, 1.807) is 4.90 Å². The third kappa shape index (κ3) is 3.14. The van der Waals surface area contributed by atoms with Crippen LogP contribution in [0.3, 0.4) is 0 Å². The summed E-state index contributed by atoms with van der Waals surface area (Å²) in [7, 11) is 0. The Kier molecular flexibility index (Phi) is 4.22. The predicted octanol–water partition coefficient (Wildman–Crippen LogP) is 1.53. The van der Waals surface area contributed by atoms with Gasteiger partial charge in [0.2, 0.25) is 0 Å². The lowest BCUT2D eigenvalue weighted by molar-refractivity contribution is -0.0858. The van der Waals surface area contributed by atoms with Crippen molar-refractivity contribution in [3.05, 3.63) is 34.9 Å². The SMILES string of the molecule is Cc1ccc(C(=O)N2CC(C)OC(CO)C2)c(C)c1. The molecule has 19 heavy (non-hydrogen) atoms. The van der Waals surface area contributed by atoms with E-state index in [4.69, 9.17) is 4.74 Å². The zero-order valence-electron chi connectivity index (χ0n) is 11.7. The second kappa shape index (κ2) is 5.72. The minimum Gasteiger partial charge on any atom is -0.394 e. The van der Waals surface area contributed by atoms with E-state index < -0.39 is 0 Å². The maximum atomic E-state index is 12.5. The summed E-state index contributed by atoms with van der Waals surface area (Å²) in [5.74, 6) is 0.0195. The third-order valence-electron chi connectivity index (χ3n) is 3.43. The minimum atomic E-state index is -0.279. The number of hydrogen-bond donors (Lipinski definition) is 1. The fraction of sp³-hybridized carbons (Fsp3) is 0.533. The Labute approximate surface area is 114 Å². The topological polar surface area (TPSA) is 49.8 Å². The van der Waals surface area contributed by atoms with E-state index in [0.717, 1.165) is 16.7 Å². The molecule has 1 aromatic carbocycles. The van der Waals surface area contributed by atoms with Crippen molar-refractivity contribution in [2.24, 2.45) is 0 Å². The molecule has 2 rings (SSSR count). The number of carbonyl (C=O) groups excluding carboxylic acids is 1. The molecule has 0 radical (unpaired) electrons. The van der Waals surface area contributed by atoms with Gasteiger partial charge in [-0.1, -0.05) is 17.7 Å². The van der Waals surface area contributed by atoms with Crippen LogP contribution in [0.4, 0.5) is 0 Å². The molecule has 0 aromatic heterocycles. The average molecular weight is 263 g/mol. The standard InChI is InChI=1S/C15H21NO3/c1-10-4-5-14(11(2)6-10)15(18)16-7-12(3)19-13(8-16)9-17/h4-6,12-13,17H,7-9H2,1-3H3. The number of rotatable bonds is 2. The molecule has 1 aliphatic rings. The molecule has 104 valence electrons. The van der Waals surface area contributed by atoms with E-state index >= 15 is 0 Å². The van der Waals surface area contributed by atoms with Crippen molar-refractivity contribution in [3.63, 3.8) is 0 Å². The van der Waals surface area contributed by atoms with Crippen molar-refractivity contribution in [3.8, 4) is 0 Å². The van der Waals surface area contributed by atoms with Crippen molar-refractivity contribution < 1.29 is 14.6 Å². The summed E-state index contributed by atoms with van der Waals surface area (Å²) in [5.41, 5.74) is 2.87. The molecule has 1 amide bonds. The van der Waals surface area contributed by atoms with Gasteiger partial charge in [-0.3, -0.25) is 4.79 Å². The van der Waals surface area contributed by atoms with Gasteiger partial charge in [-0.2, -0.15) is 0 Å². The maximum absolute atomic E-state index is 12.5. The van der Waals surface area contributed by atoms with E-state index in [1.807, 2.05) is 39.0 Å². The van der Waals surface area contributed by atoms with Crippen LogP contribution in [-0.2, 0) is 4.74 Å². The number of ether oxygens (including phenoxy) is 1. The Hall–Kier alpha value is -1.39. The zero-order chi connectivity index (χ0) is 14.0. The lowest BCUT2D eigenvalue weighted by Gasteiger charge is -2.36. The van der Waals surface area contributed by atoms with Gasteiger partial charge in [0.05, 0.1) is 18.8 Å². The number of amides is 1. The number of aliphatic hydroxyl groups excluding tert-OH is 1. The van der Waals surface area contributed by atoms with Crippen LogP contribution in [-0.4, -0.2) is 47.8 Å². The Bertz CT molecular complexity index is 472. The quantitative estimate of drug-likeness (QED) is 0.880. The average Bonchev–Trinajstić information content (AvgIpc) is 2.37. The number of nitrogens with zero attached hydrogens (tertiary/aromatic N) is 1. The molecule has 1 heterocycles. The zero-order valence-corrected chi connectivity index (χ0v) is 11.7. The van der Waals surface area contributed by atoms with E-state index in [0.29, 0.717) is 13.1 Å². The van der Waals surface area contributed by atoms with E-state index in [-0.39, 0.29) is 24.7 Å². The molecule has 4 heteroatoms. The van der Waals surface area contributed by atoms with Crippen LogP contribution in [0.1, 0.15) is 28.4 Å². The first kappa shape index (κ1) is 14.0. The van der Waals surface area contributed by atoms with Crippen LogP contribution in [0.25, 0.3) is 0 Å². The second-order valence-corrected chi connectivity index (χ2v) is 5.28. The van der Waals surface area contributed by atoms with Gasteiger partial charge in [0.15, 0.2) is 0 Å². The van der Waals surface area contributed by atoms with Gasteiger partial charge in [-0.15, -0.1) is 0 Å². The van der Waals surface area contributed by atoms with E-state index in [1.165, 1.54) is 0 Å². The van der Waals surface area contributed by atoms with Crippen LogP contribution in [0, 0.1) is 13.8 Å². The summed E-state index contributed by atoms with van der Waals surface area (Å²) < 4.78 is 5.56. The summed E-state index contributed by atoms with van der Waals surface area (Å²) in [5, 5.41) is 9.21. The highest BCUT2D eigenvalue weighted by Crippen LogP contribution is 2.17. The van der Waals surface area contributed by atoms with Crippen LogP contribution < -0.4 is 0 Å². The lowest BCUT2D eigenvalue weighted by atomic mass is 10.0. The van der Waals surface area contributed by atoms with Gasteiger partial charge < -0.3 is 14.7 Å². The van der Waals surface area contributed by atoms with Crippen LogP contribution in [0.15, 0.2) is 18.2 Å². The molecule has 4 nitrogen and oxygen atoms in total. The Morgan fingerprint density at radius 3 is 2.79 bits per heavy atom. The molecule has 1 N–H and O–H groups in total. The normalized spacial score (nSPS) is 23.5. The minimum absolute atomic E-state index is 0.0195. The molecule has 2 atom stereocenters. The Balaban J connectivity index is 2.18. The summed E-state index contributed by atoms with van der Waals surface area (Å²) in [6.45, 7) is 6.86. The summed E-state index contributed by atoms with van der Waals surface area (Å²) in [4.78, 5) is 14.3. The molecular weight excluding hydrogens is 242 g/mol. The van der Waals surface area contributed by atoms with Crippen molar-refractivity contribution >= 4 is 5.91 Å². The molecule has 0 bridgehead atoms. The van der Waals surface area contributed by atoms with Crippen LogP contribution >= 0.6 is 0 Å². The summed E-state index contributed by atoms with van der Waals surface area (Å²) >= 11 is 0. The van der Waals surface area contributed by atoms with E-state index in [2.05, 4.69) is 0 Å². The number of hydrogen-bond acceptors (Lipinski definition) is 3. The number of carbonyl (C=O) groups is 1. The maximum Gasteiger partial charge on any atom is 0.254 e. The molecule has 0 aliphatic carbocycles. The molecule has 1 aliphatic heterocycles. The molecule has 1 saturated heterocycles. The summed E-state index contributed by atoms with van der Waals surface area (Å²) in [6.07, 6.45) is -0.320. The second-order valence-electron chi connectivity index (χ2n) is 5.28. The first-order valence-electron chi connectivity index (χ1n) is 6.64. The number of aryl methyl sites for hydroxylation is 2. The Morgan fingerprint density at radius 1 is 1.42 bits per heavy atom. The monoisotopic (exact) mass is 263 g/mol. The molecule has 0 spiro atoms. The third-order valence-corrected chi connectivity index (χ3v) is 3.43. The summed E-state index contributed by atoms with van der Waals surface area (Å²) in [6, 6.07) is 5.84. The van der Waals surface area contributed by atoms with Gasteiger partial charge in [-0.05, 0) is 32.4 Å². The lowest BCUT2D eigenvalue weighted by Crippen LogP contribution is -2.50. The van der Waals surface area contributed by atoms with Crippen molar-refractivity contribution in [1.29, 1.82) is 0 Å². The van der Waals surface area contributed by atoms with Gasteiger partial charge in [-0.25, -0.2) is 0 Å². The van der Waals surface area contributed by atoms with Gasteiger partial charge >= 0.3 is 0 Å². The number of aliphatic hydroxyl groups is 1. The van der Waals surface area contributed by atoms with Gasteiger partial charge in [0.25, 0.3) is 5.91 Å². The molecule has 1 fully saturated rings. The highest BCUT2D eigenvalue weighted by atomic mass is 16.5. The first-order valence-corrected chi connectivity index (χ1v) is 6.64. The number of morpholine rings is 1. The molecule has 2 unspecified atom stereocenters. The van der Waals surface area contributed by atoms with E-state index in [9.17, 15) is 9.90 Å². The smallest absolute Gasteiger partial charge is 0.254 e. The van der Waals surface area contributed by atoms with Crippen LogP contribution in [0.5, 0.6) is 0 Å². The fourth-order valence-electron chi connectivity index (χ4n) is 2.54. The van der Waals surface area contributed by atoms with Gasteiger partial charge in [0, 0.05) is 18.7 Å². The predicted molar refractivity (Wildman–Crippen MR) is 73.2 cm³/mol. The molecule has 0 saturated carbocycles. The van der Waals surface area contributed by atoms with Crippen molar-refractivity contribution in [2.45, 2.75) is 33.0 Å². The fourth-order valence-corrected chi connectivity index (χ4v) is 2.54. The number of benzene rings is 1. The largest absolute Gasteiger partial charge is 0.394 e. The van der Waals surface area contributed by atoms with Crippen molar-refractivity contribution in [1.82, 2.24) is 4.90 Å².